The molecule has 0 spiro atoms. The van der Waals surface area contributed by atoms with Crippen LogP contribution in [0.4, 0.5) is 11.6 Å². The number of hydrogen-bond acceptors (Lipinski definition) is 6. The molecule has 1 amide bonds. The third kappa shape index (κ3) is 4.12. The second-order valence-electron chi connectivity index (χ2n) is 7.57. The van der Waals surface area contributed by atoms with Crippen molar-refractivity contribution in [3.8, 4) is 16.5 Å². The van der Waals surface area contributed by atoms with E-state index in [2.05, 4.69) is 10.6 Å². The highest BCUT2D eigenvalue weighted by Crippen LogP contribution is 2.37. The number of allylic oxidation sites excluding steroid dienone is 1. The third-order valence-electron chi connectivity index (χ3n) is 5.38. The van der Waals surface area contributed by atoms with Gasteiger partial charge in [-0.25, -0.2) is 4.68 Å². The molecular formula is C25H23N5O2S. The minimum absolute atomic E-state index is 0.191. The van der Waals surface area contributed by atoms with Gasteiger partial charge >= 0.3 is 0 Å². The van der Waals surface area contributed by atoms with Gasteiger partial charge in [0.25, 0.3) is 5.91 Å². The van der Waals surface area contributed by atoms with Gasteiger partial charge in [0.2, 0.25) is 5.95 Å². The van der Waals surface area contributed by atoms with Crippen molar-refractivity contribution in [2.75, 3.05) is 17.2 Å². The Hall–Kier alpha value is -3.91. The van der Waals surface area contributed by atoms with E-state index in [0.717, 1.165) is 27.6 Å². The van der Waals surface area contributed by atoms with Crippen LogP contribution in [0.1, 0.15) is 25.5 Å². The molecule has 33 heavy (non-hydrogen) atoms. The molecule has 2 N–H and O–H groups in total. The molecule has 2 aromatic carbocycles. The number of carbonyl (C=O) groups is 1. The maximum Gasteiger partial charge on any atom is 0.255 e. The van der Waals surface area contributed by atoms with Gasteiger partial charge in [-0.3, -0.25) is 4.79 Å². The maximum absolute atomic E-state index is 13.5. The Balaban J connectivity index is 1.58. The summed E-state index contributed by atoms with van der Waals surface area (Å²) in [6.45, 7) is 4.44. The molecule has 0 radical (unpaired) electrons. The van der Waals surface area contributed by atoms with Crippen LogP contribution in [-0.2, 0) is 4.79 Å². The fourth-order valence-corrected chi connectivity index (χ4v) is 4.55. The molecule has 0 fully saturated rings. The lowest BCUT2D eigenvalue weighted by atomic mass is 9.95. The van der Waals surface area contributed by atoms with E-state index < -0.39 is 6.04 Å². The molecule has 1 atom stereocenters. The Bertz CT molecular complexity index is 1290. The number of nitrogens with one attached hydrogen (secondary N) is 2. The molecule has 1 aliphatic rings. The number of carbonyl (C=O) groups excluding carboxylic acids is 1. The second kappa shape index (κ2) is 8.91. The molecule has 8 heteroatoms. The Morgan fingerprint density at radius 2 is 1.91 bits per heavy atom. The van der Waals surface area contributed by atoms with Gasteiger partial charge in [0.05, 0.1) is 17.1 Å². The van der Waals surface area contributed by atoms with Gasteiger partial charge in [-0.05, 0) is 55.1 Å². The highest BCUT2D eigenvalue weighted by Gasteiger charge is 2.34. The predicted molar refractivity (Wildman–Crippen MR) is 130 cm³/mol. The number of amides is 1. The maximum atomic E-state index is 13.5. The number of benzene rings is 2. The molecule has 0 saturated carbocycles. The third-order valence-corrected chi connectivity index (χ3v) is 6.24. The number of thiophene rings is 1. The van der Waals surface area contributed by atoms with Gasteiger partial charge in [-0.15, -0.1) is 16.4 Å². The summed E-state index contributed by atoms with van der Waals surface area (Å²) in [7, 11) is 0. The van der Waals surface area contributed by atoms with Crippen LogP contribution in [0.15, 0.2) is 83.4 Å². The topological polar surface area (TPSA) is 81.1 Å². The van der Waals surface area contributed by atoms with E-state index in [1.807, 2.05) is 86.0 Å². The average Bonchev–Trinajstić information content (AvgIpc) is 3.49. The van der Waals surface area contributed by atoms with Crippen molar-refractivity contribution in [3.63, 3.8) is 0 Å². The van der Waals surface area contributed by atoms with Gasteiger partial charge in [0, 0.05) is 11.4 Å². The van der Waals surface area contributed by atoms with Crippen LogP contribution >= 0.6 is 11.3 Å². The summed E-state index contributed by atoms with van der Waals surface area (Å²) in [5.74, 6) is 1.82. The Kier molecular flexibility index (Phi) is 5.66. The van der Waals surface area contributed by atoms with E-state index in [0.29, 0.717) is 24.0 Å². The smallest absolute Gasteiger partial charge is 0.255 e. The molecular weight excluding hydrogens is 434 g/mol. The summed E-state index contributed by atoms with van der Waals surface area (Å²) < 4.78 is 7.40. The fraction of sp³-hybridized carbons (Fsp3) is 0.160. The first-order valence-electron chi connectivity index (χ1n) is 10.7. The number of fused-ring (bicyclic) bond motifs is 1. The molecule has 4 aromatic rings. The molecule has 1 unspecified atom stereocenters. The minimum atomic E-state index is -0.443. The normalized spacial score (nSPS) is 15.0. The summed E-state index contributed by atoms with van der Waals surface area (Å²) >= 11 is 1.58. The second-order valence-corrected chi connectivity index (χ2v) is 8.52. The van der Waals surface area contributed by atoms with Crippen molar-refractivity contribution >= 4 is 28.9 Å². The van der Waals surface area contributed by atoms with Crippen LogP contribution in [0.5, 0.6) is 5.75 Å². The fourth-order valence-electron chi connectivity index (χ4n) is 3.90. The number of ether oxygens (including phenoxy) is 1. The van der Waals surface area contributed by atoms with E-state index in [9.17, 15) is 4.79 Å². The van der Waals surface area contributed by atoms with Gasteiger partial charge < -0.3 is 15.4 Å². The lowest BCUT2D eigenvalue weighted by Gasteiger charge is -2.28. The number of aromatic nitrogens is 3. The SMILES string of the molecule is CCOc1ccc(C2C(C(=O)Nc3ccccc3)=C(C)Nc3nc(-c4cccs4)nn32)cc1. The molecule has 7 nitrogen and oxygen atoms in total. The zero-order valence-corrected chi connectivity index (χ0v) is 19.1. The number of anilines is 2. The van der Waals surface area contributed by atoms with Crippen molar-refractivity contribution < 1.29 is 9.53 Å². The molecule has 3 heterocycles. The van der Waals surface area contributed by atoms with Crippen molar-refractivity contribution in [3.05, 3.63) is 88.9 Å². The van der Waals surface area contributed by atoms with E-state index in [1.54, 1.807) is 16.0 Å². The highest BCUT2D eigenvalue weighted by atomic mass is 32.1. The predicted octanol–water partition coefficient (Wildman–Crippen LogP) is 5.33. The van der Waals surface area contributed by atoms with Crippen LogP contribution in [-0.4, -0.2) is 27.3 Å². The van der Waals surface area contributed by atoms with E-state index in [1.165, 1.54) is 0 Å². The quantitative estimate of drug-likeness (QED) is 0.409. The van der Waals surface area contributed by atoms with Crippen molar-refractivity contribution in [2.24, 2.45) is 0 Å². The summed E-state index contributed by atoms with van der Waals surface area (Å²) in [5, 5.41) is 13.1. The Morgan fingerprint density at radius 1 is 1.12 bits per heavy atom. The van der Waals surface area contributed by atoms with Gasteiger partial charge in [0.15, 0.2) is 5.82 Å². The summed E-state index contributed by atoms with van der Waals surface area (Å²) in [5.41, 5.74) is 2.97. The van der Waals surface area contributed by atoms with Crippen LogP contribution in [0, 0.1) is 0 Å². The molecule has 0 bridgehead atoms. The van der Waals surface area contributed by atoms with Gasteiger partial charge in [0.1, 0.15) is 11.8 Å². The van der Waals surface area contributed by atoms with Crippen LogP contribution < -0.4 is 15.4 Å². The van der Waals surface area contributed by atoms with Gasteiger partial charge in [-0.1, -0.05) is 36.4 Å². The lowest BCUT2D eigenvalue weighted by Crippen LogP contribution is -2.31. The van der Waals surface area contributed by atoms with Crippen LogP contribution in [0.3, 0.4) is 0 Å². The van der Waals surface area contributed by atoms with E-state index in [4.69, 9.17) is 14.8 Å². The summed E-state index contributed by atoms with van der Waals surface area (Å²) in [6, 6.07) is 20.7. The minimum Gasteiger partial charge on any atom is -0.494 e. The molecule has 0 aliphatic carbocycles. The van der Waals surface area contributed by atoms with Gasteiger partial charge in [-0.2, -0.15) is 4.98 Å². The van der Waals surface area contributed by atoms with Crippen LogP contribution in [0.25, 0.3) is 10.7 Å². The molecule has 1 aliphatic heterocycles. The first-order chi connectivity index (χ1) is 16.1. The van der Waals surface area contributed by atoms with Crippen LogP contribution in [0.2, 0.25) is 0 Å². The standard InChI is InChI=1S/C25H23N5O2S/c1-3-32-19-13-11-17(12-14-19)22-21(24(31)27-18-8-5-4-6-9-18)16(2)26-25-28-23(29-30(22)25)20-10-7-15-33-20/h4-15,22H,3H2,1-2H3,(H,27,31)(H,26,28,29). The zero-order valence-electron chi connectivity index (χ0n) is 18.3. The van der Waals surface area contributed by atoms with E-state index >= 15 is 0 Å². The highest BCUT2D eigenvalue weighted by molar-refractivity contribution is 7.13. The van der Waals surface area contributed by atoms with Crippen molar-refractivity contribution in [1.82, 2.24) is 14.8 Å². The summed E-state index contributed by atoms with van der Waals surface area (Å²) in [4.78, 5) is 19.2. The number of rotatable bonds is 6. The molecule has 2 aromatic heterocycles. The molecule has 5 rings (SSSR count). The molecule has 166 valence electrons. The average molecular weight is 458 g/mol. The Morgan fingerprint density at radius 3 is 2.61 bits per heavy atom. The number of hydrogen-bond donors (Lipinski definition) is 2. The first kappa shape index (κ1) is 21.0. The van der Waals surface area contributed by atoms with E-state index in [-0.39, 0.29) is 5.91 Å². The molecule has 0 saturated heterocycles. The Labute approximate surface area is 195 Å². The van der Waals surface area contributed by atoms with Crippen molar-refractivity contribution in [1.29, 1.82) is 0 Å². The lowest BCUT2D eigenvalue weighted by molar-refractivity contribution is -0.113. The number of para-hydroxylation sites is 1. The summed E-state index contributed by atoms with van der Waals surface area (Å²) in [6.07, 6.45) is 0. The van der Waals surface area contributed by atoms with Crippen molar-refractivity contribution in [2.45, 2.75) is 19.9 Å². The number of nitrogens with zero attached hydrogens (tertiary/aromatic N) is 3. The monoisotopic (exact) mass is 457 g/mol. The first-order valence-corrected chi connectivity index (χ1v) is 11.6. The zero-order chi connectivity index (χ0) is 22.8. The largest absolute Gasteiger partial charge is 0.494 e.